The predicted molar refractivity (Wildman–Crippen MR) is 83.4 cm³/mol. The average Bonchev–Trinajstić information content (AvgIpc) is 2.50. The van der Waals surface area contributed by atoms with Gasteiger partial charge in [-0.3, -0.25) is 4.79 Å². The van der Waals surface area contributed by atoms with Gasteiger partial charge in [-0.25, -0.2) is 0 Å². The summed E-state index contributed by atoms with van der Waals surface area (Å²) in [6, 6.07) is 13.4. The van der Waals surface area contributed by atoms with E-state index in [0.29, 0.717) is 24.4 Å². The van der Waals surface area contributed by atoms with Gasteiger partial charge in [0.25, 0.3) is 0 Å². The van der Waals surface area contributed by atoms with Crippen LogP contribution < -0.4 is 15.8 Å². The Bertz CT molecular complexity index is 662. The van der Waals surface area contributed by atoms with Crippen molar-refractivity contribution in [3.63, 3.8) is 0 Å². The molecule has 2 aromatic carbocycles. The minimum atomic E-state index is -0.195. The number of nitrogens with one attached hydrogen (secondary N) is 1. The van der Waals surface area contributed by atoms with Crippen molar-refractivity contribution in [2.24, 2.45) is 5.92 Å². The number of carbonyl (C=O) groups excluding carboxylic acids is 1. The first-order chi connectivity index (χ1) is 10.1. The van der Waals surface area contributed by atoms with Crippen molar-refractivity contribution in [2.75, 3.05) is 17.7 Å². The van der Waals surface area contributed by atoms with Gasteiger partial charge in [-0.15, -0.1) is 0 Å². The molecule has 1 heterocycles. The highest BCUT2D eigenvalue weighted by Crippen LogP contribution is 2.29. The zero-order valence-electron chi connectivity index (χ0n) is 11.9. The fraction of sp³-hybridized carbons (Fsp3) is 0.235. The standard InChI is InChI=1S/C17H18N2O2/c1-11-5-4-7-14(18)16(11)19-17(20)13-9-12-6-2-3-8-15(12)21-10-13/h2-8,13H,9-10,18H2,1H3,(H,19,20). The molecule has 0 aliphatic carbocycles. The highest BCUT2D eigenvalue weighted by Gasteiger charge is 2.26. The molecule has 0 aromatic heterocycles. The molecule has 4 nitrogen and oxygen atoms in total. The lowest BCUT2D eigenvalue weighted by Crippen LogP contribution is -2.33. The number of nitrogens with two attached hydrogens (primary N) is 1. The highest BCUT2D eigenvalue weighted by molar-refractivity contribution is 5.96. The van der Waals surface area contributed by atoms with Gasteiger partial charge in [0.15, 0.2) is 0 Å². The minimum Gasteiger partial charge on any atom is -0.492 e. The number of amides is 1. The second-order valence-corrected chi connectivity index (χ2v) is 5.35. The number of rotatable bonds is 2. The van der Waals surface area contributed by atoms with E-state index in [9.17, 15) is 4.79 Å². The molecule has 1 unspecified atom stereocenters. The zero-order chi connectivity index (χ0) is 14.8. The van der Waals surface area contributed by atoms with Gasteiger partial charge >= 0.3 is 0 Å². The summed E-state index contributed by atoms with van der Waals surface area (Å²) < 4.78 is 5.66. The van der Waals surface area contributed by atoms with Crippen LogP contribution >= 0.6 is 0 Å². The van der Waals surface area contributed by atoms with E-state index in [-0.39, 0.29) is 11.8 Å². The van der Waals surface area contributed by atoms with E-state index >= 15 is 0 Å². The molecule has 0 bridgehead atoms. The van der Waals surface area contributed by atoms with Gasteiger partial charge in [-0.2, -0.15) is 0 Å². The molecule has 2 aromatic rings. The Kier molecular flexibility index (Phi) is 3.52. The van der Waals surface area contributed by atoms with E-state index in [2.05, 4.69) is 5.32 Å². The molecule has 0 fully saturated rings. The Morgan fingerprint density at radius 3 is 2.86 bits per heavy atom. The fourth-order valence-corrected chi connectivity index (χ4v) is 2.58. The number of ether oxygens (including phenoxy) is 1. The van der Waals surface area contributed by atoms with Crippen molar-refractivity contribution in [2.45, 2.75) is 13.3 Å². The van der Waals surface area contributed by atoms with Crippen LogP contribution in [0.3, 0.4) is 0 Å². The Hall–Kier alpha value is -2.49. The lowest BCUT2D eigenvalue weighted by molar-refractivity contribution is -0.121. The van der Waals surface area contributed by atoms with Crippen molar-refractivity contribution in [1.29, 1.82) is 0 Å². The van der Waals surface area contributed by atoms with E-state index < -0.39 is 0 Å². The van der Waals surface area contributed by atoms with Crippen molar-refractivity contribution >= 4 is 17.3 Å². The van der Waals surface area contributed by atoms with Gasteiger partial charge in [-0.05, 0) is 36.6 Å². The number of hydrogen-bond donors (Lipinski definition) is 2. The van der Waals surface area contributed by atoms with Gasteiger partial charge in [-0.1, -0.05) is 30.3 Å². The number of benzene rings is 2. The van der Waals surface area contributed by atoms with Crippen LogP contribution in [0.1, 0.15) is 11.1 Å². The highest BCUT2D eigenvalue weighted by atomic mass is 16.5. The van der Waals surface area contributed by atoms with Crippen molar-refractivity contribution < 1.29 is 9.53 Å². The monoisotopic (exact) mass is 282 g/mol. The van der Waals surface area contributed by atoms with Crippen LogP contribution in [0.2, 0.25) is 0 Å². The quantitative estimate of drug-likeness (QED) is 0.832. The zero-order valence-corrected chi connectivity index (χ0v) is 11.9. The molecule has 1 amide bonds. The third-order valence-electron chi connectivity index (χ3n) is 3.80. The molecule has 21 heavy (non-hydrogen) atoms. The van der Waals surface area contributed by atoms with E-state index in [1.54, 1.807) is 6.07 Å². The summed E-state index contributed by atoms with van der Waals surface area (Å²) in [6.07, 6.45) is 0.688. The largest absolute Gasteiger partial charge is 0.492 e. The fourth-order valence-electron chi connectivity index (χ4n) is 2.58. The third-order valence-corrected chi connectivity index (χ3v) is 3.80. The molecule has 1 aliphatic rings. The molecular formula is C17H18N2O2. The molecule has 108 valence electrons. The lowest BCUT2D eigenvalue weighted by Gasteiger charge is -2.25. The number of carbonyl (C=O) groups is 1. The van der Waals surface area contributed by atoms with E-state index in [4.69, 9.17) is 10.5 Å². The molecule has 0 saturated carbocycles. The Labute approximate surface area is 123 Å². The number of nitrogen functional groups attached to an aromatic ring is 1. The van der Waals surface area contributed by atoms with E-state index in [1.165, 1.54) is 0 Å². The Morgan fingerprint density at radius 1 is 1.24 bits per heavy atom. The Balaban J connectivity index is 1.76. The van der Waals surface area contributed by atoms with Gasteiger partial charge in [0.05, 0.1) is 17.3 Å². The SMILES string of the molecule is Cc1cccc(N)c1NC(=O)C1COc2ccccc2C1. The lowest BCUT2D eigenvalue weighted by atomic mass is 9.96. The van der Waals surface area contributed by atoms with E-state index in [1.807, 2.05) is 43.3 Å². The average molecular weight is 282 g/mol. The topological polar surface area (TPSA) is 64.3 Å². The molecule has 0 spiro atoms. The van der Waals surface area contributed by atoms with Crippen LogP contribution in [-0.2, 0) is 11.2 Å². The number of para-hydroxylation sites is 2. The summed E-state index contributed by atoms with van der Waals surface area (Å²) in [5.41, 5.74) is 9.24. The molecule has 0 saturated heterocycles. The van der Waals surface area contributed by atoms with Gasteiger partial charge in [0.1, 0.15) is 12.4 Å². The Morgan fingerprint density at radius 2 is 2.05 bits per heavy atom. The summed E-state index contributed by atoms with van der Waals surface area (Å²) in [4.78, 5) is 12.4. The molecule has 3 N–H and O–H groups in total. The van der Waals surface area contributed by atoms with Crippen LogP contribution in [0.25, 0.3) is 0 Å². The van der Waals surface area contributed by atoms with Gasteiger partial charge in [0.2, 0.25) is 5.91 Å². The number of fused-ring (bicyclic) bond motifs is 1. The van der Waals surface area contributed by atoms with Crippen molar-refractivity contribution in [1.82, 2.24) is 0 Å². The summed E-state index contributed by atoms with van der Waals surface area (Å²) in [5, 5.41) is 2.94. The predicted octanol–water partition coefficient (Wildman–Crippen LogP) is 2.77. The normalized spacial score (nSPS) is 16.7. The first kappa shape index (κ1) is 13.5. The minimum absolute atomic E-state index is 0.0505. The maximum Gasteiger partial charge on any atom is 0.231 e. The maximum absolute atomic E-state index is 12.4. The van der Waals surface area contributed by atoms with Crippen molar-refractivity contribution in [3.8, 4) is 5.75 Å². The van der Waals surface area contributed by atoms with Gasteiger partial charge < -0.3 is 15.8 Å². The molecule has 1 atom stereocenters. The number of aryl methyl sites for hydroxylation is 1. The summed E-state index contributed by atoms with van der Waals surface area (Å²) >= 11 is 0. The van der Waals surface area contributed by atoms with Crippen molar-refractivity contribution in [3.05, 3.63) is 53.6 Å². The van der Waals surface area contributed by atoms with Crippen LogP contribution in [0, 0.1) is 12.8 Å². The first-order valence-corrected chi connectivity index (χ1v) is 7.02. The maximum atomic E-state index is 12.4. The molecular weight excluding hydrogens is 264 g/mol. The second kappa shape index (κ2) is 5.48. The van der Waals surface area contributed by atoms with Crippen LogP contribution in [-0.4, -0.2) is 12.5 Å². The summed E-state index contributed by atoms with van der Waals surface area (Å²) in [5.74, 6) is 0.626. The molecule has 4 heteroatoms. The van der Waals surface area contributed by atoms with Crippen LogP contribution in [0.4, 0.5) is 11.4 Å². The molecule has 3 rings (SSSR count). The van der Waals surface area contributed by atoms with Crippen LogP contribution in [0.5, 0.6) is 5.75 Å². The summed E-state index contributed by atoms with van der Waals surface area (Å²) in [6.45, 7) is 2.33. The number of hydrogen-bond acceptors (Lipinski definition) is 3. The van der Waals surface area contributed by atoms with Crippen LogP contribution in [0.15, 0.2) is 42.5 Å². The number of anilines is 2. The second-order valence-electron chi connectivity index (χ2n) is 5.35. The summed E-state index contributed by atoms with van der Waals surface area (Å²) in [7, 11) is 0. The van der Waals surface area contributed by atoms with Gasteiger partial charge in [0, 0.05) is 0 Å². The third kappa shape index (κ3) is 2.70. The van der Waals surface area contributed by atoms with E-state index in [0.717, 1.165) is 16.9 Å². The molecule has 0 radical (unpaired) electrons. The molecule has 1 aliphatic heterocycles. The first-order valence-electron chi connectivity index (χ1n) is 7.02. The smallest absolute Gasteiger partial charge is 0.231 e.